The second kappa shape index (κ2) is 5.89. The molecule has 0 aromatic heterocycles. The Kier molecular flexibility index (Phi) is 4.77. The maximum absolute atomic E-state index is 8.53. The number of nitrogens with zero attached hydrogens (tertiary/aromatic N) is 3. The van der Waals surface area contributed by atoms with Crippen LogP contribution in [-0.4, -0.2) is 42.1 Å². The number of nitriles is 1. The van der Waals surface area contributed by atoms with Crippen LogP contribution >= 0.6 is 11.8 Å². The molecule has 0 saturated carbocycles. The van der Waals surface area contributed by atoms with Gasteiger partial charge < -0.3 is 9.64 Å². The van der Waals surface area contributed by atoms with Crippen LogP contribution in [0.3, 0.4) is 0 Å². The average molecular weight is 213 g/mol. The zero-order chi connectivity index (χ0) is 10.4. The highest BCUT2D eigenvalue weighted by atomic mass is 32.2. The van der Waals surface area contributed by atoms with Crippen LogP contribution in [0.4, 0.5) is 0 Å². The lowest BCUT2D eigenvalue weighted by Gasteiger charge is -2.23. The van der Waals surface area contributed by atoms with Gasteiger partial charge in [0.15, 0.2) is 5.17 Å². The van der Waals surface area contributed by atoms with Gasteiger partial charge in [0.05, 0.1) is 6.10 Å². The molecule has 1 atom stereocenters. The average Bonchev–Trinajstić information content (AvgIpc) is 2.39. The minimum absolute atomic E-state index is 0.216. The zero-order valence-electron chi connectivity index (χ0n) is 8.56. The highest BCUT2D eigenvalue weighted by Gasteiger charge is 2.17. The molecular formula is C9H15N3OS. The smallest absolute Gasteiger partial charge is 0.208 e. The second-order valence-electron chi connectivity index (χ2n) is 3.18. The van der Waals surface area contributed by atoms with Gasteiger partial charge in [-0.1, -0.05) is 11.8 Å². The van der Waals surface area contributed by atoms with Gasteiger partial charge in [-0.15, -0.1) is 4.99 Å². The molecule has 0 aromatic carbocycles. The molecule has 1 unspecified atom stereocenters. The number of hydrogen-bond donors (Lipinski definition) is 0. The molecule has 0 spiro atoms. The van der Waals surface area contributed by atoms with Crippen LogP contribution < -0.4 is 0 Å². The van der Waals surface area contributed by atoms with Crippen molar-refractivity contribution in [2.45, 2.75) is 19.4 Å². The molecular weight excluding hydrogens is 198 g/mol. The lowest BCUT2D eigenvalue weighted by Crippen LogP contribution is -2.34. The largest absolute Gasteiger partial charge is 0.377 e. The predicted molar refractivity (Wildman–Crippen MR) is 58.2 cm³/mol. The summed E-state index contributed by atoms with van der Waals surface area (Å²) in [7, 11) is 0. The summed E-state index contributed by atoms with van der Waals surface area (Å²) >= 11 is 1.51. The molecule has 78 valence electrons. The number of rotatable bonds is 0. The number of thioether (sulfide) groups is 1. The van der Waals surface area contributed by atoms with E-state index in [2.05, 4.69) is 9.89 Å². The lowest BCUT2D eigenvalue weighted by molar-refractivity contribution is 0.0746. The molecule has 1 saturated heterocycles. The molecule has 14 heavy (non-hydrogen) atoms. The highest BCUT2D eigenvalue weighted by molar-refractivity contribution is 8.13. The first-order valence-electron chi connectivity index (χ1n) is 4.65. The van der Waals surface area contributed by atoms with E-state index in [1.807, 2.05) is 19.4 Å². The molecule has 0 bridgehead atoms. The molecule has 0 aromatic rings. The maximum Gasteiger partial charge on any atom is 0.208 e. The van der Waals surface area contributed by atoms with Crippen molar-refractivity contribution in [3.63, 3.8) is 0 Å². The summed E-state index contributed by atoms with van der Waals surface area (Å²) in [5.41, 5.74) is 0. The normalized spacial score (nSPS) is 24.2. The van der Waals surface area contributed by atoms with Gasteiger partial charge in [-0.05, 0) is 19.6 Å². The molecule has 0 amide bonds. The predicted octanol–water partition coefficient (Wildman–Crippen LogP) is 1.30. The van der Waals surface area contributed by atoms with E-state index in [1.165, 1.54) is 11.8 Å². The van der Waals surface area contributed by atoms with Gasteiger partial charge in [0.25, 0.3) is 0 Å². The van der Waals surface area contributed by atoms with Gasteiger partial charge in [-0.3, -0.25) is 0 Å². The summed E-state index contributed by atoms with van der Waals surface area (Å²) < 4.78 is 5.52. The Balaban J connectivity index is 2.64. The third-order valence-corrected chi connectivity index (χ3v) is 2.77. The minimum Gasteiger partial charge on any atom is -0.377 e. The number of amidine groups is 1. The molecule has 0 aliphatic carbocycles. The van der Waals surface area contributed by atoms with Crippen LogP contribution in [0.2, 0.25) is 0 Å². The molecule has 4 nitrogen and oxygen atoms in total. The van der Waals surface area contributed by atoms with E-state index in [0.717, 1.165) is 31.3 Å². The molecule has 5 heteroatoms. The van der Waals surface area contributed by atoms with E-state index >= 15 is 0 Å². The topological polar surface area (TPSA) is 48.6 Å². The number of hydrogen-bond acceptors (Lipinski definition) is 4. The fourth-order valence-corrected chi connectivity index (χ4v) is 2.01. The van der Waals surface area contributed by atoms with Crippen LogP contribution in [0.5, 0.6) is 0 Å². The monoisotopic (exact) mass is 213 g/mol. The summed E-state index contributed by atoms with van der Waals surface area (Å²) in [5, 5.41) is 9.32. The Bertz CT molecular complexity index is 249. The van der Waals surface area contributed by atoms with E-state index in [0.29, 0.717) is 0 Å². The first-order valence-corrected chi connectivity index (χ1v) is 5.87. The van der Waals surface area contributed by atoms with Gasteiger partial charge >= 0.3 is 0 Å². The Labute approximate surface area is 88.9 Å². The van der Waals surface area contributed by atoms with Crippen molar-refractivity contribution in [2.75, 3.05) is 26.0 Å². The van der Waals surface area contributed by atoms with E-state index in [-0.39, 0.29) is 6.10 Å². The third kappa shape index (κ3) is 3.20. The quantitative estimate of drug-likeness (QED) is 0.346. The number of ether oxygens (including phenoxy) is 1. The van der Waals surface area contributed by atoms with Crippen molar-refractivity contribution in [1.82, 2.24) is 4.90 Å². The maximum atomic E-state index is 8.53. The minimum atomic E-state index is 0.216. The summed E-state index contributed by atoms with van der Waals surface area (Å²) in [6.07, 6.45) is 4.98. The summed E-state index contributed by atoms with van der Waals surface area (Å²) in [6, 6.07) is 0. The van der Waals surface area contributed by atoms with Gasteiger partial charge in [0.1, 0.15) is 0 Å². The first kappa shape index (κ1) is 11.3. The van der Waals surface area contributed by atoms with Gasteiger partial charge in [0, 0.05) is 19.7 Å². The fraction of sp³-hybridized carbons (Fsp3) is 0.778. The van der Waals surface area contributed by atoms with Crippen molar-refractivity contribution in [3.05, 3.63) is 0 Å². The van der Waals surface area contributed by atoms with Gasteiger partial charge in [-0.25, -0.2) is 0 Å². The standard InChI is InChI=1S/C9H15N3OS/c1-8-6-12(4-3-5-13-8)9(14-2)11-7-10/h8H,3-6H2,1-2H3. The Morgan fingerprint density at radius 3 is 3.14 bits per heavy atom. The van der Waals surface area contributed by atoms with E-state index < -0.39 is 0 Å². The third-order valence-electron chi connectivity index (χ3n) is 2.05. The first-order chi connectivity index (χ1) is 6.77. The van der Waals surface area contributed by atoms with E-state index in [1.54, 1.807) is 0 Å². The van der Waals surface area contributed by atoms with Crippen molar-refractivity contribution in [2.24, 2.45) is 4.99 Å². The molecule has 1 aliphatic heterocycles. The Morgan fingerprint density at radius 1 is 1.71 bits per heavy atom. The summed E-state index contributed by atoms with van der Waals surface area (Å²) in [4.78, 5) is 5.91. The van der Waals surface area contributed by atoms with Crippen molar-refractivity contribution < 1.29 is 4.74 Å². The molecule has 1 aliphatic rings. The fourth-order valence-electron chi connectivity index (χ4n) is 1.46. The SMILES string of the molecule is CSC(=NC#N)N1CCCOC(C)C1. The molecule has 1 fully saturated rings. The van der Waals surface area contributed by atoms with Gasteiger partial charge in [-0.2, -0.15) is 5.26 Å². The van der Waals surface area contributed by atoms with Crippen molar-refractivity contribution in [1.29, 1.82) is 5.26 Å². The number of aliphatic imine (C=N–C) groups is 1. The van der Waals surface area contributed by atoms with Crippen LogP contribution in [-0.2, 0) is 4.74 Å². The molecule has 0 radical (unpaired) electrons. The Hall–Kier alpha value is -0.730. The zero-order valence-corrected chi connectivity index (χ0v) is 9.38. The van der Waals surface area contributed by atoms with Crippen LogP contribution in [0.15, 0.2) is 4.99 Å². The van der Waals surface area contributed by atoms with E-state index in [9.17, 15) is 0 Å². The van der Waals surface area contributed by atoms with Crippen LogP contribution in [0.25, 0.3) is 0 Å². The molecule has 1 rings (SSSR count). The van der Waals surface area contributed by atoms with Crippen molar-refractivity contribution >= 4 is 16.9 Å². The van der Waals surface area contributed by atoms with Gasteiger partial charge in [0.2, 0.25) is 6.19 Å². The Morgan fingerprint density at radius 2 is 2.50 bits per heavy atom. The van der Waals surface area contributed by atoms with E-state index in [4.69, 9.17) is 10.00 Å². The summed E-state index contributed by atoms with van der Waals surface area (Å²) in [6.45, 7) is 4.58. The second-order valence-corrected chi connectivity index (χ2v) is 3.95. The molecule has 0 N–H and O–H groups in total. The highest BCUT2D eigenvalue weighted by Crippen LogP contribution is 2.11. The summed E-state index contributed by atoms with van der Waals surface area (Å²) in [5.74, 6) is 0. The van der Waals surface area contributed by atoms with Crippen LogP contribution in [0.1, 0.15) is 13.3 Å². The van der Waals surface area contributed by atoms with Crippen LogP contribution in [0, 0.1) is 11.5 Å². The lowest BCUT2D eigenvalue weighted by atomic mass is 10.4. The molecule has 1 heterocycles. The van der Waals surface area contributed by atoms with Crippen molar-refractivity contribution in [3.8, 4) is 6.19 Å².